The van der Waals surface area contributed by atoms with Crippen molar-refractivity contribution in [2.24, 2.45) is 5.92 Å². The van der Waals surface area contributed by atoms with Crippen LogP contribution in [-0.2, 0) is 11.2 Å². The maximum atomic E-state index is 12.6. The van der Waals surface area contributed by atoms with Gasteiger partial charge >= 0.3 is 0 Å². The number of nitrogens with zero attached hydrogens (tertiary/aromatic N) is 2. The van der Waals surface area contributed by atoms with Crippen LogP contribution in [0.3, 0.4) is 0 Å². The van der Waals surface area contributed by atoms with E-state index in [4.69, 9.17) is 0 Å². The molecule has 0 saturated heterocycles. The summed E-state index contributed by atoms with van der Waals surface area (Å²) in [7, 11) is 0. The largest absolute Gasteiger partial charge is 0.294 e. The summed E-state index contributed by atoms with van der Waals surface area (Å²) in [6, 6.07) is 10.0. The summed E-state index contributed by atoms with van der Waals surface area (Å²) in [6.07, 6.45) is 6.38. The Labute approximate surface area is 160 Å². The highest BCUT2D eigenvalue weighted by Crippen LogP contribution is 2.31. The molecule has 1 aliphatic carbocycles. The fourth-order valence-electron chi connectivity index (χ4n) is 3.78. The molecule has 1 aliphatic rings. The molecule has 1 aromatic heterocycles. The molecule has 0 aliphatic heterocycles. The first kappa shape index (κ1) is 19.2. The molecule has 5 nitrogen and oxygen atoms in total. The monoisotopic (exact) mass is 365 g/mol. The van der Waals surface area contributed by atoms with Crippen LogP contribution in [-0.4, -0.2) is 21.7 Å². The van der Waals surface area contributed by atoms with E-state index in [9.17, 15) is 9.59 Å². The first-order chi connectivity index (χ1) is 13.1. The van der Waals surface area contributed by atoms with Gasteiger partial charge in [-0.25, -0.2) is 9.97 Å². The molecular formula is C22H27N3O2. The van der Waals surface area contributed by atoms with E-state index in [0.29, 0.717) is 24.4 Å². The third-order valence-corrected chi connectivity index (χ3v) is 5.19. The molecule has 0 bridgehead atoms. The highest BCUT2D eigenvalue weighted by Gasteiger charge is 2.28. The predicted octanol–water partition coefficient (Wildman–Crippen LogP) is 4.54. The Morgan fingerprint density at radius 3 is 2.52 bits per heavy atom. The molecule has 0 saturated carbocycles. The number of amides is 1. The number of fused-ring (bicyclic) bond motifs is 1. The predicted molar refractivity (Wildman–Crippen MR) is 106 cm³/mol. The molecule has 1 atom stereocenters. The quantitative estimate of drug-likeness (QED) is 0.781. The van der Waals surface area contributed by atoms with Gasteiger partial charge in [0, 0.05) is 18.5 Å². The number of benzene rings is 1. The Morgan fingerprint density at radius 1 is 1.15 bits per heavy atom. The fourth-order valence-corrected chi connectivity index (χ4v) is 3.78. The summed E-state index contributed by atoms with van der Waals surface area (Å²) in [5.74, 6) is 0.451. The molecule has 0 spiro atoms. The van der Waals surface area contributed by atoms with Gasteiger partial charge in [-0.05, 0) is 30.7 Å². The van der Waals surface area contributed by atoms with E-state index in [1.54, 1.807) is 6.20 Å². The van der Waals surface area contributed by atoms with Crippen LogP contribution in [0.5, 0.6) is 0 Å². The van der Waals surface area contributed by atoms with Gasteiger partial charge < -0.3 is 0 Å². The molecule has 27 heavy (non-hydrogen) atoms. The molecule has 1 N–H and O–H groups in total. The lowest BCUT2D eigenvalue weighted by Gasteiger charge is -2.23. The van der Waals surface area contributed by atoms with E-state index < -0.39 is 0 Å². The summed E-state index contributed by atoms with van der Waals surface area (Å²) >= 11 is 0. The van der Waals surface area contributed by atoms with Crippen LogP contribution in [0.25, 0.3) is 0 Å². The van der Waals surface area contributed by atoms with Gasteiger partial charge in [-0.15, -0.1) is 0 Å². The van der Waals surface area contributed by atoms with Crippen LogP contribution in [0.2, 0.25) is 0 Å². The number of hydrogen-bond acceptors (Lipinski definition) is 4. The van der Waals surface area contributed by atoms with Gasteiger partial charge in [-0.2, -0.15) is 0 Å². The number of rotatable bonds is 7. The van der Waals surface area contributed by atoms with Crippen molar-refractivity contribution in [1.82, 2.24) is 9.97 Å². The number of carbonyl (C=O) groups is 2. The zero-order chi connectivity index (χ0) is 19.2. The minimum absolute atomic E-state index is 0.0154. The van der Waals surface area contributed by atoms with Crippen LogP contribution >= 0.6 is 0 Å². The van der Waals surface area contributed by atoms with Crippen LogP contribution in [0.4, 0.5) is 5.95 Å². The van der Waals surface area contributed by atoms with Gasteiger partial charge in [0.25, 0.3) is 0 Å². The van der Waals surface area contributed by atoms with Crippen LogP contribution in [0.1, 0.15) is 73.5 Å². The zero-order valence-corrected chi connectivity index (χ0v) is 16.1. The summed E-state index contributed by atoms with van der Waals surface area (Å²) in [6.45, 7) is 4.17. The number of aromatic nitrogens is 2. The number of hydrogen-bond donors (Lipinski definition) is 1. The minimum Gasteiger partial charge on any atom is -0.294 e. The Hall–Kier alpha value is -2.56. The third-order valence-electron chi connectivity index (χ3n) is 5.19. The molecule has 5 heteroatoms. The van der Waals surface area contributed by atoms with E-state index in [2.05, 4.69) is 29.1 Å². The Morgan fingerprint density at radius 2 is 1.85 bits per heavy atom. The topological polar surface area (TPSA) is 72.0 Å². The van der Waals surface area contributed by atoms with Gasteiger partial charge in [0.05, 0.1) is 11.3 Å². The van der Waals surface area contributed by atoms with E-state index >= 15 is 0 Å². The second-order valence-corrected chi connectivity index (χ2v) is 7.26. The van der Waals surface area contributed by atoms with Gasteiger partial charge in [0.1, 0.15) is 0 Å². The van der Waals surface area contributed by atoms with Crippen molar-refractivity contribution in [2.45, 2.75) is 58.3 Å². The minimum atomic E-state index is -0.0274. The zero-order valence-electron chi connectivity index (χ0n) is 16.1. The second-order valence-electron chi connectivity index (χ2n) is 7.26. The number of nitrogens with one attached hydrogen (secondary N) is 1. The number of Topliss-reactive ketones (excluding diaryl/α,β-unsaturated/α-hetero) is 1. The summed E-state index contributed by atoms with van der Waals surface area (Å²) in [5.41, 5.74) is 2.46. The van der Waals surface area contributed by atoms with E-state index in [-0.39, 0.29) is 23.5 Å². The summed E-state index contributed by atoms with van der Waals surface area (Å²) in [5, 5.41) is 2.86. The molecule has 1 heterocycles. The van der Waals surface area contributed by atoms with Crippen molar-refractivity contribution in [1.29, 1.82) is 0 Å². The van der Waals surface area contributed by atoms with Crippen LogP contribution in [0.15, 0.2) is 36.5 Å². The lowest BCUT2D eigenvalue weighted by molar-refractivity contribution is -0.120. The molecule has 1 aromatic carbocycles. The van der Waals surface area contributed by atoms with Crippen LogP contribution in [0, 0.1) is 5.92 Å². The van der Waals surface area contributed by atoms with E-state index in [1.807, 2.05) is 30.3 Å². The van der Waals surface area contributed by atoms with Crippen molar-refractivity contribution in [2.75, 3.05) is 5.32 Å². The Kier molecular flexibility index (Phi) is 6.32. The second kappa shape index (κ2) is 8.89. The highest BCUT2D eigenvalue weighted by molar-refractivity contribution is 5.99. The van der Waals surface area contributed by atoms with Gasteiger partial charge in [0.15, 0.2) is 5.78 Å². The first-order valence-corrected chi connectivity index (χ1v) is 9.87. The molecule has 142 valence electrons. The van der Waals surface area contributed by atoms with Crippen molar-refractivity contribution < 1.29 is 9.59 Å². The SMILES string of the molecule is CCCC(CCC)C(=O)Nc1ncc2c(n1)C[C@@H](c1ccccc1)CC2=O. The lowest BCUT2D eigenvalue weighted by atomic mass is 9.82. The smallest absolute Gasteiger partial charge is 0.229 e. The average Bonchev–Trinajstić information content (AvgIpc) is 2.68. The Balaban J connectivity index is 1.78. The van der Waals surface area contributed by atoms with Crippen molar-refractivity contribution in [3.63, 3.8) is 0 Å². The normalized spacial score (nSPS) is 16.3. The molecule has 1 amide bonds. The maximum Gasteiger partial charge on any atom is 0.229 e. The van der Waals surface area contributed by atoms with Crippen molar-refractivity contribution in [3.05, 3.63) is 53.3 Å². The molecule has 3 rings (SSSR count). The fraction of sp³-hybridized carbons (Fsp3) is 0.455. The molecule has 2 aromatic rings. The number of ketones is 1. The lowest BCUT2D eigenvalue weighted by Crippen LogP contribution is -2.26. The highest BCUT2D eigenvalue weighted by atomic mass is 16.2. The molecule has 0 radical (unpaired) electrons. The van der Waals surface area contributed by atoms with E-state index in [0.717, 1.165) is 36.9 Å². The van der Waals surface area contributed by atoms with E-state index in [1.165, 1.54) is 0 Å². The standard InChI is InChI=1S/C22H27N3O2/c1-3-8-16(9-4-2)21(27)25-22-23-14-18-19(24-22)12-17(13-20(18)26)15-10-6-5-7-11-15/h5-7,10-11,14,16-17H,3-4,8-9,12-13H2,1-2H3,(H,23,24,25,27)/t17-/m1/s1. The van der Waals surface area contributed by atoms with Gasteiger partial charge in [0.2, 0.25) is 11.9 Å². The molecule has 0 fully saturated rings. The number of anilines is 1. The van der Waals surface area contributed by atoms with Gasteiger partial charge in [-0.3, -0.25) is 14.9 Å². The summed E-state index contributed by atoms with van der Waals surface area (Å²) in [4.78, 5) is 33.8. The first-order valence-electron chi connectivity index (χ1n) is 9.87. The molecular weight excluding hydrogens is 338 g/mol. The third kappa shape index (κ3) is 4.59. The number of carbonyl (C=O) groups excluding carboxylic acids is 2. The van der Waals surface area contributed by atoms with Gasteiger partial charge in [-0.1, -0.05) is 57.0 Å². The van der Waals surface area contributed by atoms with Crippen LogP contribution < -0.4 is 5.32 Å². The van der Waals surface area contributed by atoms with Crippen molar-refractivity contribution in [3.8, 4) is 0 Å². The van der Waals surface area contributed by atoms with Crippen molar-refractivity contribution >= 4 is 17.6 Å². The average molecular weight is 365 g/mol. The maximum absolute atomic E-state index is 12.6. The Bertz CT molecular complexity index is 798. The summed E-state index contributed by atoms with van der Waals surface area (Å²) < 4.78 is 0. The molecule has 0 unspecified atom stereocenters.